The van der Waals surface area contributed by atoms with Crippen LogP contribution < -0.4 is 10.6 Å². The van der Waals surface area contributed by atoms with E-state index in [-0.39, 0.29) is 0 Å². The van der Waals surface area contributed by atoms with E-state index in [9.17, 15) is 0 Å². The predicted molar refractivity (Wildman–Crippen MR) is 52.0 cm³/mol. The highest BCUT2D eigenvalue weighted by Crippen LogP contribution is 2.44. The summed E-state index contributed by atoms with van der Waals surface area (Å²) in [6, 6.07) is 0. The van der Waals surface area contributed by atoms with Crippen molar-refractivity contribution in [2.24, 2.45) is 7.05 Å². The zero-order valence-corrected chi connectivity index (χ0v) is 8.02. The van der Waals surface area contributed by atoms with Gasteiger partial charge in [-0.05, 0) is 19.8 Å². The summed E-state index contributed by atoms with van der Waals surface area (Å²) in [5.74, 6) is 1.15. The third kappa shape index (κ3) is 0.884. The molecule has 1 aromatic heterocycles. The molecule has 0 bridgehead atoms. The van der Waals surface area contributed by atoms with Crippen LogP contribution in [0.25, 0.3) is 0 Å². The average Bonchev–Trinajstić information content (AvgIpc) is 2.78. The second-order valence-corrected chi connectivity index (χ2v) is 4.19. The Morgan fingerprint density at radius 2 is 2.23 bits per heavy atom. The largest absolute Gasteiger partial charge is 0.378 e. The molecule has 1 spiro atoms. The van der Waals surface area contributed by atoms with Gasteiger partial charge in [-0.25, -0.2) is 0 Å². The van der Waals surface area contributed by atoms with Crippen LogP contribution in [0.3, 0.4) is 0 Å². The van der Waals surface area contributed by atoms with Crippen molar-refractivity contribution in [2.75, 3.05) is 17.2 Å². The minimum absolute atomic E-state index is 0.354. The summed E-state index contributed by atoms with van der Waals surface area (Å²) in [6.45, 7) is 3.09. The summed E-state index contributed by atoms with van der Waals surface area (Å²) in [5.41, 5.74) is 2.62. The number of nitrogens with zero attached hydrogens (tertiary/aromatic N) is 2. The first-order chi connectivity index (χ1) is 6.20. The maximum atomic E-state index is 4.38. The van der Waals surface area contributed by atoms with E-state index in [2.05, 4.69) is 15.7 Å². The Morgan fingerprint density at radius 3 is 2.92 bits per heavy atom. The number of nitrogens with one attached hydrogen (secondary N) is 2. The Hall–Kier alpha value is -1.19. The van der Waals surface area contributed by atoms with Crippen LogP contribution in [-0.4, -0.2) is 21.9 Å². The highest BCUT2D eigenvalue weighted by molar-refractivity contribution is 5.72. The molecule has 4 nitrogen and oxygen atoms in total. The molecule has 1 aliphatic heterocycles. The van der Waals surface area contributed by atoms with E-state index < -0.39 is 0 Å². The standard InChI is InChI=1S/C9H14N4/c1-6-7-8(13(2)12-6)11-9(3-4-9)5-10-7/h10-11H,3-5H2,1-2H3. The number of aryl methyl sites for hydroxylation is 2. The average molecular weight is 178 g/mol. The van der Waals surface area contributed by atoms with Crippen LogP contribution in [0.1, 0.15) is 18.5 Å². The monoisotopic (exact) mass is 178 g/mol. The highest BCUT2D eigenvalue weighted by Gasteiger charge is 2.46. The molecule has 1 fully saturated rings. The first-order valence-corrected chi connectivity index (χ1v) is 4.76. The molecule has 0 atom stereocenters. The van der Waals surface area contributed by atoms with Gasteiger partial charge in [0.25, 0.3) is 0 Å². The molecule has 2 heterocycles. The number of fused-ring (bicyclic) bond motifs is 1. The zero-order chi connectivity index (χ0) is 9.05. The van der Waals surface area contributed by atoms with Crippen molar-refractivity contribution >= 4 is 11.5 Å². The Kier molecular flexibility index (Phi) is 1.11. The molecule has 4 heteroatoms. The molecular formula is C9H14N4. The van der Waals surface area contributed by atoms with E-state index in [1.807, 2.05) is 18.7 Å². The smallest absolute Gasteiger partial charge is 0.148 e. The topological polar surface area (TPSA) is 41.9 Å². The van der Waals surface area contributed by atoms with Gasteiger partial charge in [0.15, 0.2) is 0 Å². The fraction of sp³-hybridized carbons (Fsp3) is 0.667. The van der Waals surface area contributed by atoms with Crippen LogP contribution in [0.5, 0.6) is 0 Å². The highest BCUT2D eigenvalue weighted by atomic mass is 15.4. The van der Waals surface area contributed by atoms with Crippen LogP contribution in [0.4, 0.5) is 11.5 Å². The van der Waals surface area contributed by atoms with Crippen molar-refractivity contribution in [1.82, 2.24) is 9.78 Å². The summed E-state index contributed by atoms with van der Waals surface area (Å²) < 4.78 is 1.93. The Labute approximate surface area is 77.3 Å². The van der Waals surface area contributed by atoms with Gasteiger partial charge in [0.2, 0.25) is 0 Å². The van der Waals surface area contributed by atoms with E-state index in [4.69, 9.17) is 0 Å². The second kappa shape index (κ2) is 2.00. The van der Waals surface area contributed by atoms with Crippen LogP contribution in [-0.2, 0) is 7.05 Å². The number of rotatable bonds is 0. The lowest BCUT2D eigenvalue weighted by Crippen LogP contribution is -2.35. The van der Waals surface area contributed by atoms with Gasteiger partial charge in [-0.3, -0.25) is 4.68 Å². The molecule has 3 rings (SSSR count). The Balaban J connectivity index is 2.07. The molecule has 1 saturated carbocycles. The number of hydrogen-bond acceptors (Lipinski definition) is 3. The van der Waals surface area contributed by atoms with Crippen LogP contribution in [0.2, 0.25) is 0 Å². The van der Waals surface area contributed by atoms with Crippen molar-refractivity contribution < 1.29 is 0 Å². The predicted octanol–water partition coefficient (Wildman–Crippen LogP) is 1.10. The van der Waals surface area contributed by atoms with Crippen molar-refractivity contribution in [1.29, 1.82) is 0 Å². The van der Waals surface area contributed by atoms with Gasteiger partial charge in [0.1, 0.15) is 11.5 Å². The van der Waals surface area contributed by atoms with Crippen molar-refractivity contribution in [3.8, 4) is 0 Å². The van der Waals surface area contributed by atoms with Gasteiger partial charge < -0.3 is 10.6 Å². The lowest BCUT2D eigenvalue weighted by Gasteiger charge is -2.26. The summed E-state index contributed by atoms with van der Waals surface area (Å²) in [5, 5.41) is 11.4. The van der Waals surface area contributed by atoms with Crippen molar-refractivity contribution in [3.63, 3.8) is 0 Å². The molecule has 1 aliphatic carbocycles. The summed E-state index contributed by atoms with van der Waals surface area (Å²) in [6.07, 6.45) is 2.56. The van der Waals surface area contributed by atoms with E-state index in [0.29, 0.717) is 5.54 Å². The lowest BCUT2D eigenvalue weighted by molar-refractivity contribution is 0.705. The fourth-order valence-electron chi connectivity index (χ4n) is 2.02. The van der Waals surface area contributed by atoms with Gasteiger partial charge >= 0.3 is 0 Å². The SMILES string of the molecule is Cc1nn(C)c2c1NCC1(CC1)N2. The summed E-state index contributed by atoms with van der Waals surface area (Å²) in [4.78, 5) is 0. The number of hydrogen-bond donors (Lipinski definition) is 2. The number of aromatic nitrogens is 2. The zero-order valence-electron chi connectivity index (χ0n) is 8.02. The first-order valence-electron chi connectivity index (χ1n) is 4.76. The van der Waals surface area contributed by atoms with Gasteiger partial charge in [-0.1, -0.05) is 0 Å². The summed E-state index contributed by atoms with van der Waals surface area (Å²) in [7, 11) is 1.99. The number of anilines is 2. The van der Waals surface area contributed by atoms with Gasteiger partial charge in [0, 0.05) is 13.6 Å². The van der Waals surface area contributed by atoms with Gasteiger partial charge in [-0.2, -0.15) is 5.10 Å². The third-order valence-corrected chi connectivity index (χ3v) is 3.06. The lowest BCUT2D eigenvalue weighted by atomic mass is 10.2. The first kappa shape index (κ1) is 7.24. The third-order valence-electron chi connectivity index (χ3n) is 3.06. The summed E-state index contributed by atoms with van der Waals surface area (Å²) >= 11 is 0. The molecular weight excluding hydrogens is 164 g/mol. The quantitative estimate of drug-likeness (QED) is 0.625. The molecule has 1 aromatic rings. The van der Waals surface area contributed by atoms with E-state index in [1.165, 1.54) is 18.5 Å². The van der Waals surface area contributed by atoms with Gasteiger partial charge in [0.05, 0.1) is 11.2 Å². The molecule has 0 unspecified atom stereocenters. The van der Waals surface area contributed by atoms with E-state index in [1.54, 1.807) is 0 Å². The molecule has 0 radical (unpaired) electrons. The molecule has 13 heavy (non-hydrogen) atoms. The normalized spacial score (nSPS) is 22.0. The van der Waals surface area contributed by atoms with E-state index in [0.717, 1.165) is 18.1 Å². The minimum Gasteiger partial charge on any atom is -0.378 e. The van der Waals surface area contributed by atoms with Crippen LogP contribution in [0, 0.1) is 6.92 Å². The molecule has 0 aromatic carbocycles. The molecule has 70 valence electrons. The molecule has 0 amide bonds. The molecule has 0 saturated heterocycles. The second-order valence-electron chi connectivity index (χ2n) is 4.19. The van der Waals surface area contributed by atoms with Crippen LogP contribution in [0.15, 0.2) is 0 Å². The Morgan fingerprint density at radius 1 is 1.46 bits per heavy atom. The van der Waals surface area contributed by atoms with E-state index >= 15 is 0 Å². The molecule has 2 N–H and O–H groups in total. The Bertz CT molecular complexity index is 362. The van der Waals surface area contributed by atoms with Gasteiger partial charge in [-0.15, -0.1) is 0 Å². The maximum Gasteiger partial charge on any atom is 0.148 e. The van der Waals surface area contributed by atoms with Crippen LogP contribution >= 0.6 is 0 Å². The maximum absolute atomic E-state index is 4.38. The minimum atomic E-state index is 0.354. The van der Waals surface area contributed by atoms with Crippen molar-refractivity contribution in [3.05, 3.63) is 5.69 Å². The fourth-order valence-corrected chi connectivity index (χ4v) is 2.02. The molecule has 2 aliphatic rings. The van der Waals surface area contributed by atoms with Crippen molar-refractivity contribution in [2.45, 2.75) is 25.3 Å².